The number of thiazole rings is 1. The number of carbonyl (C=O) groups is 2. The van der Waals surface area contributed by atoms with Crippen molar-refractivity contribution >= 4 is 33.4 Å². The van der Waals surface area contributed by atoms with Gasteiger partial charge in [-0.3, -0.25) is 9.59 Å². The van der Waals surface area contributed by atoms with Gasteiger partial charge in [-0.05, 0) is 30.7 Å². The van der Waals surface area contributed by atoms with Crippen LogP contribution in [0, 0.1) is 11.6 Å². The number of fused-ring (bicyclic) bond motifs is 1. The van der Waals surface area contributed by atoms with Crippen LogP contribution in [0.4, 0.5) is 8.78 Å². The molecule has 1 heterocycles. The molecule has 2 aromatic carbocycles. The molecule has 0 aliphatic carbocycles. The van der Waals surface area contributed by atoms with Gasteiger partial charge in [0, 0.05) is 26.1 Å². The first kappa shape index (κ1) is 19.9. The number of halogens is 2. The fraction of sp³-hybridized carbons (Fsp3) is 0.250. The maximum Gasteiger partial charge on any atom is 0.254 e. The van der Waals surface area contributed by atoms with E-state index in [0.717, 1.165) is 27.4 Å². The molecule has 0 radical (unpaired) electrons. The molecule has 0 atom stereocenters. The highest BCUT2D eigenvalue weighted by atomic mass is 32.1. The van der Waals surface area contributed by atoms with Gasteiger partial charge < -0.3 is 10.2 Å². The van der Waals surface area contributed by atoms with Crippen molar-refractivity contribution in [2.45, 2.75) is 19.4 Å². The molecule has 3 aromatic rings. The highest BCUT2D eigenvalue weighted by molar-refractivity contribution is 7.18. The van der Waals surface area contributed by atoms with Crippen LogP contribution in [0.5, 0.6) is 0 Å². The summed E-state index contributed by atoms with van der Waals surface area (Å²) in [6, 6.07) is 10.6. The second kappa shape index (κ2) is 8.88. The van der Waals surface area contributed by atoms with Crippen molar-refractivity contribution in [2.75, 3.05) is 13.6 Å². The first-order chi connectivity index (χ1) is 13.4. The van der Waals surface area contributed by atoms with E-state index in [2.05, 4.69) is 10.3 Å². The molecule has 1 aromatic heterocycles. The van der Waals surface area contributed by atoms with E-state index in [1.165, 1.54) is 0 Å². The molecule has 8 heteroatoms. The summed E-state index contributed by atoms with van der Waals surface area (Å²) in [4.78, 5) is 30.3. The molecule has 2 amide bonds. The molecule has 0 unspecified atom stereocenters. The molecule has 1 N–H and O–H groups in total. The number of aromatic nitrogens is 1. The van der Waals surface area contributed by atoms with Gasteiger partial charge in [-0.1, -0.05) is 12.1 Å². The Hall–Kier alpha value is -2.87. The zero-order valence-corrected chi connectivity index (χ0v) is 16.1. The molecule has 0 fully saturated rings. The lowest BCUT2D eigenvalue weighted by Gasteiger charge is -2.15. The van der Waals surface area contributed by atoms with E-state index in [0.29, 0.717) is 19.0 Å². The van der Waals surface area contributed by atoms with Crippen LogP contribution in [0.25, 0.3) is 10.2 Å². The first-order valence-corrected chi connectivity index (χ1v) is 9.57. The van der Waals surface area contributed by atoms with Gasteiger partial charge in [0.25, 0.3) is 5.91 Å². The molecule has 28 heavy (non-hydrogen) atoms. The predicted octanol–water partition coefficient (Wildman–Crippen LogP) is 3.74. The van der Waals surface area contributed by atoms with E-state index in [1.807, 2.05) is 24.3 Å². The van der Waals surface area contributed by atoms with Crippen molar-refractivity contribution in [2.24, 2.45) is 0 Å². The molecular weight excluding hydrogens is 384 g/mol. The summed E-state index contributed by atoms with van der Waals surface area (Å²) in [5.74, 6) is -2.35. The Kier molecular flexibility index (Phi) is 6.30. The van der Waals surface area contributed by atoms with Crippen LogP contribution in [0.3, 0.4) is 0 Å². The quantitative estimate of drug-likeness (QED) is 0.612. The van der Waals surface area contributed by atoms with Crippen LogP contribution in [-0.2, 0) is 11.3 Å². The zero-order chi connectivity index (χ0) is 20.1. The lowest BCUT2D eigenvalue weighted by Crippen LogP contribution is -2.29. The van der Waals surface area contributed by atoms with Gasteiger partial charge in [0.1, 0.15) is 16.6 Å². The van der Waals surface area contributed by atoms with Crippen LogP contribution in [0.2, 0.25) is 0 Å². The zero-order valence-electron chi connectivity index (χ0n) is 15.2. The number of nitrogens with zero attached hydrogens (tertiary/aromatic N) is 2. The Morgan fingerprint density at radius 2 is 1.96 bits per heavy atom. The fourth-order valence-electron chi connectivity index (χ4n) is 2.68. The summed E-state index contributed by atoms with van der Waals surface area (Å²) in [6.07, 6.45) is 0.658. The molecule has 0 saturated carbocycles. The number of para-hydroxylation sites is 1. The summed E-state index contributed by atoms with van der Waals surface area (Å²) in [6.45, 7) is 0.641. The molecule has 146 valence electrons. The maximum atomic E-state index is 13.6. The van der Waals surface area contributed by atoms with E-state index in [1.54, 1.807) is 23.3 Å². The standard InChI is InChI=1S/C20H19F2N3O2S/c1-25(12-18-24-16-5-2-3-6-17(16)28-18)19(26)7-4-10-23-20(27)14-9-8-13(21)11-15(14)22/h2-3,5-6,8-9,11H,4,7,10,12H2,1H3,(H,23,27). The SMILES string of the molecule is CN(Cc1nc2ccccc2s1)C(=O)CCCNC(=O)c1ccc(F)cc1F. The Morgan fingerprint density at radius 1 is 1.18 bits per heavy atom. The van der Waals surface area contributed by atoms with Crippen molar-refractivity contribution < 1.29 is 18.4 Å². The van der Waals surface area contributed by atoms with E-state index in [-0.39, 0.29) is 24.4 Å². The lowest BCUT2D eigenvalue weighted by atomic mass is 10.2. The number of nitrogens with one attached hydrogen (secondary N) is 1. The van der Waals surface area contributed by atoms with Crippen LogP contribution in [0.1, 0.15) is 28.2 Å². The largest absolute Gasteiger partial charge is 0.352 e. The fourth-order valence-corrected chi connectivity index (χ4v) is 3.70. The highest BCUT2D eigenvalue weighted by Gasteiger charge is 2.14. The van der Waals surface area contributed by atoms with Gasteiger partial charge in [-0.15, -0.1) is 11.3 Å². The van der Waals surface area contributed by atoms with Gasteiger partial charge >= 0.3 is 0 Å². The lowest BCUT2D eigenvalue weighted by molar-refractivity contribution is -0.130. The third-order valence-electron chi connectivity index (χ3n) is 4.17. The predicted molar refractivity (Wildman–Crippen MR) is 104 cm³/mol. The van der Waals surface area contributed by atoms with Gasteiger partial charge in [0.15, 0.2) is 0 Å². The van der Waals surface area contributed by atoms with Crippen LogP contribution >= 0.6 is 11.3 Å². The van der Waals surface area contributed by atoms with Gasteiger partial charge in [0.2, 0.25) is 5.91 Å². The van der Waals surface area contributed by atoms with E-state index in [9.17, 15) is 18.4 Å². The first-order valence-electron chi connectivity index (χ1n) is 8.75. The van der Waals surface area contributed by atoms with E-state index >= 15 is 0 Å². The van der Waals surface area contributed by atoms with Crippen molar-refractivity contribution in [3.63, 3.8) is 0 Å². The van der Waals surface area contributed by atoms with Crippen LogP contribution < -0.4 is 5.32 Å². The van der Waals surface area contributed by atoms with Gasteiger partial charge in [0.05, 0.1) is 22.3 Å². The highest BCUT2D eigenvalue weighted by Crippen LogP contribution is 2.22. The van der Waals surface area contributed by atoms with Crippen LogP contribution in [0.15, 0.2) is 42.5 Å². The Labute approximate surface area is 165 Å². The average Bonchev–Trinajstić information content (AvgIpc) is 3.07. The number of rotatable bonds is 7. The van der Waals surface area contributed by atoms with E-state index in [4.69, 9.17) is 0 Å². The third kappa shape index (κ3) is 4.89. The van der Waals surface area contributed by atoms with E-state index < -0.39 is 17.5 Å². The smallest absolute Gasteiger partial charge is 0.254 e. The molecule has 5 nitrogen and oxygen atoms in total. The van der Waals surface area contributed by atoms with Crippen molar-refractivity contribution in [3.8, 4) is 0 Å². The Bertz CT molecular complexity index is 973. The molecule has 0 bridgehead atoms. The summed E-state index contributed by atoms with van der Waals surface area (Å²) in [7, 11) is 1.71. The molecular formula is C20H19F2N3O2S. The molecule has 0 aliphatic rings. The second-order valence-corrected chi connectivity index (χ2v) is 7.42. The minimum Gasteiger partial charge on any atom is -0.352 e. The number of amides is 2. The average molecular weight is 403 g/mol. The summed E-state index contributed by atoms with van der Waals surface area (Å²) in [5.41, 5.74) is 0.694. The van der Waals surface area contributed by atoms with Crippen molar-refractivity contribution in [1.82, 2.24) is 15.2 Å². The van der Waals surface area contributed by atoms with Gasteiger partial charge in [-0.25, -0.2) is 13.8 Å². The van der Waals surface area contributed by atoms with Gasteiger partial charge in [-0.2, -0.15) is 0 Å². The minimum absolute atomic E-state index is 0.0681. The van der Waals surface area contributed by atoms with Crippen molar-refractivity contribution in [3.05, 3.63) is 64.7 Å². The Morgan fingerprint density at radius 3 is 2.71 bits per heavy atom. The van der Waals surface area contributed by atoms with Crippen LogP contribution in [-0.4, -0.2) is 35.3 Å². The van der Waals surface area contributed by atoms with Crippen molar-refractivity contribution in [1.29, 1.82) is 0 Å². The third-order valence-corrected chi connectivity index (χ3v) is 5.19. The summed E-state index contributed by atoms with van der Waals surface area (Å²) < 4.78 is 27.5. The maximum absolute atomic E-state index is 13.6. The molecule has 3 rings (SSSR count). The minimum atomic E-state index is -0.913. The normalized spacial score (nSPS) is 10.8. The number of hydrogen-bond acceptors (Lipinski definition) is 4. The Balaban J connectivity index is 1.44. The molecule has 0 spiro atoms. The summed E-state index contributed by atoms with van der Waals surface area (Å²) in [5, 5.41) is 3.40. The number of carbonyl (C=O) groups excluding carboxylic acids is 2. The summed E-state index contributed by atoms with van der Waals surface area (Å²) >= 11 is 1.55. The monoisotopic (exact) mass is 403 g/mol. The number of benzene rings is 2. The molecule has 0 aliphatic heterocycles. The number of hydrogen-bond donors (Lipinski definition) is 1. The second-order valence-electron chi connectivity index (χ2n) is 6.31. The topological polar surface area (TPSA) is 62.3 Å². The molecule has 0 saturated heterocycles.